The Balaban J connectivity index is 0.00000225. The van der Waals surface area contributed by atoms with E-state index in [-0.39, 0.29) is 29.3 Å². The number of likely N-dealkylation sites (tertiary alicyclic amines) is 1. The minimum absolute atomic E-state index is 0. The number of sulfonamides is 1. The predicted molar refractivity (Wildman–Crippen MR) is 111 cm³/mol. The fourth-order valence-corrected chi connectivity index (χ4v) is 5.23. The average Bonchev–Trinajstić information content (AvgIpc) is 3.24. The molecule has 4 rings (SSSR count). The number of fused-ring (bicyclic) bond motifs is 1. The molecule has 0 aromatic heterocycles. The topological polar surface area (TPSA) is 92.5 Å². The number of nitrogens with one attached hydrogen (secondary N) is 1. The Morgan fingerprint density at radius 3 is 2.32 bits per heavy atom. The second-order valence-electron chi connectivity index (χ2n) is 7.37. The van der Waals surface area contributed by atoms with Gasteiger partial charge in [0, 0.05) is 30.4 Å². The van der Waals surface area contributed by atoms with Crippen LogP contribution >= 0.6 is 12.4 Å². The summed E-state index contributed by atoms with van der Waals surface area (Å²) in [5.41, 5.74) is 7.13. The molecule has 1 heterocycles. The van der Waals surface area contributed by atoms with Crippen molar-refractivity contribution in [1.29, 1.82) is 0 Å². The van der Waals surface area contributed by atoms with Crippen molar-refractivity contribution in [3.05, 3.63) is 60.2 Å². The van der Waals surface area contributed by atoms with Crippen molar-refractivity contribution in [2.24, 2.45) is 17.6 Å². The molecule has 3 atom stereocenters. The molecule has 28 heavy (non-hydrogen) atoms. The molecule has 1 aliphatic heterocycles. The first-order valence-electron chi connectivity index (χ1n) is 9.17. The summed E-state index contributed by atoms with van der Waals surface area (Å²) in [6, 6.07) is 15.0. The zero-order valence-corrected chi connectivity index (χ0v) is 17.0. The monoisotopic (exact) mass is 421 g/mol. The van der Waals surface area contributed by atoms with Gasteiger partial charge in [0.25, 0.3) is 15.9 Å². The molecule has 8 heteroatoms. The van der Waals surface area contributed by atoms with Crippen LogP contribution in [0.2, 0.25) is 0 Å². The molecular formula is C20H24ClN3O3S. The summed E-state index contributed by atoms with van der Waals surface area (Å²) < 4.78 is 27.3. The molecule has 0 bridgehead atoms. The zero-order valence-electron chi connectivity index (χ0n) is 15.3. The highest BCUT2D eigenvalue weighted by molar-refractivity contribution is 7.92. The third-order valence-electron chi connectivity index (χ3n) is 5.64. The van der Waals surface area contributed by atoms with Gasteiger partial charge in [0.15, 0.2) is 0 Å². The fourth-order valence-electron chi connectivity index (χ4n) is 4.15. The van der Waals surface area contributed by atoms with Crippen molar-refractivity contribution in [2.45, 2.75) is 23.8 Å². The van der Waals surface area contributed by atoms with Crippen molar-refractivity contribution in [3.8, 4) is 0 Å². The molecule has 0 radical (unpaired) electrons. The maximum atomic E-state index is 12.7. The molecule has 6 nitrogen and oxygen atoms in total. The first-order chi connectivity index (χ1) is 12.9. The highest BCUT2D eigenvalue weighted by Gasteiger charge is 2.42. The number of rotatable bonds is 4. The Morgan fingerprint density at radius 2 is 1.68 bits per heavy atom. The quantitative estimate of drug-likeness (QED) is 0.793. The lowest BCUT2D eigenvalue weighted by atomic mass is 9.98. The lowest BCUT2D eigenvalue weighted by molar-refractivity contribution is 0.0779. The number of benzene rings is 2. The fraction of sp³-hybridized carbons (Fsp3) is 0.350. The molecule has 3 N–H and O–H groups in total. The van der Waals surface area contributed by atoms with E-state index in [4.69, 9.17) is 5.73 Å². The van der Waals surface area contributed by atoms with Crippen molar-refractivity contribution in [1.82, 2.24) is 4.90 Å². The number of anilines is 1. The van der Waals surface area contributed by atoms with Gasteiger partial charge in [0.2, 0.25) is 0 Å². The van der Waals surface area contributed by atoms with Crippen molar-refractivity contribution >= 4 is 34.0 Å². The molecular weight excluding hydrogens is 398 g/mol. The zero-order chi connectivity index (χ0) is 19.0. The predicted octanol–water partition coefficient (Wildman–Crippen LogP) is 2.72. The molecule has 1 amide bonds. The van der Waals surface area contributed by atoms with Gasteiger partial charge in [-0.3, -0.25) is 9.52 Å². The maximum absolute atomic E-state index is 12.7. The van der Waals surface area contributed by atoms with Crippen LogP contribution in [0.25, 0.3) is 0 Å². The number of nitrogens with two attached hydrogens (primary N) is 1. The van der Waals surface area contributed by atoms with Gasteiger partial charge in [0.05, 0.1) is 4.90 Å². The van der Waals surface area contributed by atoms with E-state index in [0.717, 1.165) is 19.4 Å². The van der Waals surface area contributed by atoms with Crippen molar-refractivity contribution < 1.29 is 13.2 Å². The van der Waals surface area contributed by atoms with Crippen LogP contribution in [0.15, 0.2) is 59.5 Å². The number of carbonyl (C=O) groups excluding carboxylic acids is 1. The number of hydrogen-bond donors (Lipinski definition) is 2. The summed E-state index contributed by atoms with van der Waals surface area (Å²) in [7, 11) is -3.64. The minimum Gasteiger partial charge on any atom is -0.338 e. The van der Waals surface area contributed by atoms with E-state index in [1.165, 1.54) is 12.1 Å². The number of carbonyl (C=O) groups is 1. The van der Waals surface area contributed by atoms with Crippen LogP contribution in [0.4, 0.5) is 5.69 Å². The number of halogens is 1. The molecule has 2 aliphatic rings. The number of nitrogens with zero attached hydrogens (tertiary/aromatic N) is 1. The SMILES string of the molecule is Cl.NC1CCC2CN(C(=O)c3ccc(NS(=O)(=O)c4ccccc4)cc3)CC12. The lowest BCUT2D eigenvalue weighted by Gasteiger charge is -2.19. The van der Waals surface area contributed by atoms with E-state index in [9.17, 15) is 13.2 Å². The lowest BCUT2D eigenvalue weighted by Crippen LogP contribution is -2.33. The summed E-state index contributed by atoms with van der Waals surface area (Å²) in [5, 5.41) is 0. The van der Waals surface area contributed by atoms with Crippen LogP contribution < -0.4 is 10.5 Å². The molecule has 3 unspecified atom stereocenters. The van der Waals surface area contributed by atoms with Crippen LogP contribution in [-0.2, 0) is 10.0 Å². The van der Waals surface area contributed by atoms with E-state index in [1.54, 1.807) is 42.5 Å². The molecule has 1 saturated heterocycles. The molecule has 1 aliphatic carbocycles. The van der Waals surface area contributed by atoms with Crippen LogP contribution in [0.3, 0.4) is 0 Å². The Hall–Kier alpha value is -2.09. The smallest absolute Gasteiger partial charge is 0.261 e. The minimum atomic E-state index is -3.64. The second kappa shape index (κ2) is 8.11. The molecule has 2 fully saturated rings. The molecule has 0 spiro atoms. The number of amides is 1. The van der Waals surface area contributed by atoms with Gasteiger partial charge in [0.1, 0.15) is 0 Å². The van der Waals surface area contributed by atoms with Gasteiger partial charge in [-0.05, 0) is 61.1 Å². The maximum Gasteiger partial charge on any atom is 0.261 e. The van der Waals surface area contributed by atoms with Crippen LogP contribution in [-0.4, -0.2) is 38.4 Å². The van der Waals surface area contributed by atoms with Crippen LogP contribution in [0, 0.1) is 11.8 Å². The molecule has 2 aromatic carbocycles. The van der Waals surface area contributed by atoms with E-state index in [0.29, 0.717) is 29.6 Å². The summed E-state index contributed by atoms with van der Waals surface area (Å²) in [4.78, 5) is 14.8. The summed E-state index contributed by atoms with van der Waals surface area (Å²) in [6.45, 7) is 1.48. The van der Waals surface area contributed by atoms with Crippen LogP contribution in [0.5, 0.6) is 0 Å². The van der Waals surface area contributed by atoms with Gasteiger partial charge in [-0.1, -0.05) is 18.2 Å². The standard InChI is InChI=1S/C20H23N3O3S.ClH/c21-19-11-8-15-12-23(13-18(15)19)20(24)14-6-9-16(10-7-14)22-27(25,26)17-4-2-1-3-5-17;/h1-7,9-10,15,18-19,22H,8,11-13,21H2;1H. The van der Waals surface area contributed by atoms with E-state index in [2.05, 4.69) is 4.72 Å². The van der Waals surface area contributed by atoms with Gasteiger partial charge in [-0.2, -0.15) is 0 Å². The Bertz CT molecular complexity index is 935. The average molecular weight is 422 g/mol. The van der Waals surface area contributed by atoms with Crippen LogP contribution in [0.1, 0.15) is 23.2 Å². The second-order valence-corrected chi connectivity index (χ2v) is 9.05. The summed E-state index contributed by atoms with van der Waals surface area (Å²) in [5.74, 6) is 0.904. The van der Waals surface area contributed by atoms with E-state index in [1.807, 2.05) is 4.90 Å². The Morgan fingerprint density at radius 1 is 1.00 bits per heavy atom. The van der Waals surface area contributed by atoms with E-state index < -0.39 is 10.0 Å². The highest BCUT2D eigenvalue weighted by atomic mass is 35.5. The van der Waals surface area contributed by atoms with Gasteiger partial charge >= 0.3 is 0 Å². The molecule has 1 saturated carbocycles. The highest BCUT2D eigenvalue weighted by Crippen LogP contribution is 2.37. The Labute approximate surface area is 171 Å². The third kappa shape index (κ3) is 4.01. The molecule has 150 valence electrons. The van der Waals surface area contributed by atoms with Crippen molar-refractivity contribution in [3.63, 3.8) is 0 Å². The third-order valence-corrected chi connectivity index (χ3v) is 7.03. The Kier molecular flexibility index (Phi) is 5.98. The summed E-state index contributed by atoms with van der Waals surface area (Å²) >= 11 is 0. The van der Waals surface area contributed by atoms with E-state index >= 15 is 0 Å². The largest absolute Gasteiger partial charge is 0.338 e. The van der Waals surface area contributed by atoms with Crippen molar-refractivity contribution in [2.75, 3.05) is 17.8 Å². The summed E-state index contributed by atoms with van der Waals surface area (Å²) in [6.07, 6.45) is 2.14. The van der Waals surface area contributed by atoms with Gasteiger partial charge in [-0.25, -0.2) is 8.42 Å². The van der Waals surface area contributed by atoms with Gasteiger partial charge < -0.3 is 10.6 Å². The van der Waals surface area contributed by atoms with Gasteiger partial charge in [-0.15, -0.1) is 12.4 Å². The number of hydrogen-bond acceptors (Lipinski definition) is 4. The molecule has 2 aromatic rings. The normalized spacial score (nSPS) is 23.8. The first-order valence-corrected chi connectivity index (χ1v) is 10.6. The first kappa shape index (κ1) is 20.6.